The molecule has 3 aromatic rings. The highest BCUT2D eigenvalue weighted by Crippen LogP contribution is 2.18. The number of rotatable bonds is 0. The molecule has 0 atom stereocenters. The molecule has 0 amide bonds. The van der Waals surface area contributed by atoms with E-state index in [0.717, 1.165) is 10.8 Å². The Labute approximate surface area is 89.0 Å². The third kappa shape index (κ3) is 1.28. The Kier molecular flexibility index (Phi) is 1.79. The number of hydrogen-bond donors (Lipinski definition) is 0. The van der Waals surface area contributed by atoms with Gasteiger partial charge in [0.15, 0.2) is 0 Å². The van der Waals surface area contributed by atoms with Gasteiger partial charge in [0, 0.05) is 11.5 Å². The molecule has 0 aliphatic carbocycles. The quantitative estimate of drug-likeness (QED) is 0.533. The Bertz CT molecular complexity index is 743. The summed E-state index contributed by atoms with van der Waals surface area (Å²) in [5.41, 5.74) is 0.900. The zero-order chi connectivity index (χ0) is 11.0. The highest BCUT2D eigenvalue weighted by Gasteiger charge is 2.02. The summed E-state index contributed by atoms with van der Waals surface area (Å²) in [6.45, 7) is 0. The maximum atomic E-state index is 11.1. The lowest BCUT2D eigenvalue weighted by Gasteiger charge is -1.95. The fourth-order valence-electron chi connectivity index (χ4n) is 1.53. The van der Waals surface area contributed by atoms with Gasteiger partial charge in [0.2, 0.25) is 0 Å². The van der Waals surface area contributed by atoms with E-state index < -0.39 is 0 Å². The van der Waals surface area contributed by atoms with Crippen LogP contribution in [0.25, 0.3) is 21.8 Å². The first-order valence-corrected chi connectivity index (χ1v) is 4.59. The van der Waals surface area contributed by atoms with Gasteiger partial charge in [-0.2, -0.15) is 0 Å². The normalized spacial score (nSPS) is 10.8. The molecule has 0 aliphatic rings. The van der Waals surface area contributed by atoms with Crippen molar-refractivity contribution in [2.24, 2.45) is 0 Å². The van der Waals surface area contributed by atoms with Crippen molar-refractivity contribution >= 4 is 21.8 Å². The predicted molar refractivity (Wildman–Crippen MR) is 56.7 cm³/mol. The van der Waals surface area contributed by atoms with Crippen LogP contribution in [0, 0.1) is 0 Å². The highest BCUT2D eigenvalue weighted by atomic mass is 16.1. The van der Waals surface area contributed by atoms with Crippen molar-refractivity contribution < 1.29 is 0 Å². The molecular formula is C10H5N5O. The molecule has 2 heterocycles. The van der Waals surface area contributed by atoms with Crippen LogP contribution >= 0.6 is 0 Å². The van der Waals surface area contributed by atoms with Crippen LogP contribution in [0.2, 0.25) is 0 Å². The van der Waals surface area contributed by atoms with E-state index in [1.54, 1.807) is 18.3 Å². The molecule has 3 rings (SSSR count). The van der Waals surface area contributed by atoms with Gasteiger partial charge < -0.3 is 0 Å². The average molecular weight is 211 g/mol. The molecule has 1 aromatic carbocycles. The van der Waals surface area contributed by atoms with Crippen LogP contribution in [-0.4, -0.2) is 25.6 Å². The first-order valence-electron chi connectivity index (χ1n) is 4.59. The van der Waals surface area contributed by atoms with Gasteiger partial charge in [0.05, 0.1) is 17.1 Å². The van der Waals surface area contributed by atoms with Crippen LogP contribution in [-0.2, 0) is 0 Å². The number of hydrogen-bond acceptors (Lipinski definition) is 6. The van der Waals surface area contributed by atoms with Crippen molar-refractivity contribution in [3.63, 3.8) is 0 Å². The molecule has 0 aliphatic heterocycles. The van der Waals surface area contributed by atoms with Crippen molar-refractivity contribution in [1.29, 1.82) is 0 Å². The summed E-state index contributed by atoms with van der Waals surface area (Å²) in [4.78, 5) is 11.1. The molecule has 0 spiro atoms. The Morgan fingerprint density at radius 1 is 0.938 bits per heavy atom. The van der Waals surface area contributed by atoms with Crippen LogP contribution < -0.4 is 5.56 Å². The summed E-state index contributed by atoms with van der Waals surface area (Å²) in [5.74, 6) is 0. The Morgan fingerprint density at radius 2 is 1.81 bits per heavy atom. The number of aromatic nitrogens is 5. The van der Waals surface area contributed by atoms with Gasteiger partial charge in [-0.1, -0.05) is 6.07 Å². The van der Waals surface area contributed by atoms with Crippen LogP contribution in [0.1, 0.15) is 0 Å². The monoisotopic (exact) mass is 211 g/mol. The molecule has 2 aromatic heterocycles. The van der Waals surface area contributed by atoms with E-state index in [2.05, 4.69) is 25.6 Å². The van der Waals surface area contributed by atoms with Crippen molar-refractivity contribution in [1.82, 2.24) is 25.6 Å². The SMILES string of the molecule is O=c1ccc2ccc3nnncc3c2nn1. The van der Waals surface area contributed by atoms with Crippen LogP contribution in [0.3, 0.4) is 0 Å². The van der Waals surface area contributed by atoms with Crippen LogP contribution in [0.15, 0.2) is 35.3 Å². The van der Waals surface area contributed by atoms with Crippen LogP contribution in [0.4, 0.5) is 0 Å². The maximum absolute atomic E-state index is 11.1. The molecule has 16 heavy (non-hydrogen) atoms. The van der Waals surface area contributed by atoms with E-state index in [1.165, 1.54) is 6.07 Å². The molecule has 0 bridgehead atoms. The molecule has 0 saturated carbocycles. The summed E-state index contributed by atoms with van der Waals surface area (Å²) >= 11 is 0. The van der Waals surface area contributed by atoms with Crippen molar-refractivity contribution in [3.8, 4) is 0 Å². The molecule has 0 N–H and O–H groups in total. The molecule has 0 unspecified atom stereocenters. The Morgan fingerprint density at radius 3 is 2.75 bits per heavy atom. The third-order valence-electron chi connectivity index (χ3n) is 2.27. The van der Waals surface area contributed by atoms with Crippen molar-refractivity contribution in [2.45, 2.75) is 0 Å². The minimum Gasteiger partial charge on any atom is -0.266 e. The zero-order valence-corrected chi connectivity index (χ0v) is 8.03. The zero-order valence-electron chi connectivity index (χ0n) is 8.03. The fraction of sp³-hybridized carbons (Fsp3) is 0. The second-order valence-corrected chi connectivity index (χ2v) is 3.24. The third-order valence-corrected chi connectivity index (χ3v) is 2.27. The molecule has 6 nitrogen and oxygen atoms in total. The number of nitrogens with zero attached hydrogens (tertiary/aromatic N) is 5. The first kappa shape index (κ1) is 8.78. The van der Waals surface area contributed by atoms with Crippen molar-refractivity contribution in [2.75, 3.05) is 0 Å². The molecular weight excluding hydrogens is 206 g/mol. The smallest absolute Gasteiger partial charge is 0.266 e. The maximum Gasteiger partial charge on any atom is 0.288 e. The summed E-state index contributed by atoms with van der Waals surface area (Å²) in [6, 6.07) is 6.68. The fourth-order valence-corrected chi connectivity index (χ4v) is 1.53. The van der Waals surface area contributed by atoms with Gasteiger partial charge in [-0.15, -0.1) is 20.4 Å². The van der Waals surface area contributed by atoms with Gasteiger partial charge in [-0.3, -0.25) is 4.79 Å². The molecule has 0 radical (unpaired) electrons. The van der Waals surface area contributed by atoms with Crippen molar-refractivity contribution in [3.05, 3.63) is 40.8 Å². The highest BCUT2D eigenvalue weighted by molar-refractivity contribution is 6.02. The van der Waals surface area contributed by atoms with E-state index in [1.807, 2.05) is 6.07 Å². The second-order valence-electron chi connectivity index (χ2n) is 3.24. The first-order chi connectivity index (χ1) is 7.84. The predicted octanol–water partition coefficient (Wildman–Crippen LogP) is 0.328. The van der Waals surface area contributed by atoms with E-state index in [4.69, 9.17) is 0 Å². The van der Waals surface area contributed by atoms with E-state index >= 15 is 0 Å². The largest absolute Gasteiger partial charge is 0.288 e. The Hall–Kier alpha value is -2.50. The standard InChI is InChI=1S/C10H5N5O/c16-9-4-2-6-1-3-8-7(5-11-15-12-8)10(6)14-13-9/h1-5H. The van der Waals surface area contributed by atoms with E-state index in [0.29, 0.717) is 11.0 Å². The summed E-state index contributed by atoms with van der Waals surface area (Å²) in [6.07, 6.45) is 1.56. The van der Waals surface area contributed by atoms with E-state index in [-0.39, 0.29) is 5.56 Å². The average Bonchev–Trinajstić information content (AvgIpc) is 2.52. The lowest BCUT2D eigenvalue weighted by Crippen LogP contribution is -1.99. The molecule has 6 heteroatoms. The van der Waals surface area contributed by atoms with Gasteiger partial charge in [-0.05, 0) is 17.3 Å². The summed E-state index contributed by atoms with van der Waals surface area (Å²) in [7, 11) is 0. The minimum atomic E-state index is -0.376. The van der Waals surface area contributed by atoms with Crippen LogP contribution in [0.5, 0.6) is 0 Å². The van der Waals surface area contributed by atoms with Gasteiger partial charge in [-0.25, -0.2) is 0 Å². The second kappa shape index (κ2) is 3.27. The van der Waals surface area contributed by atoms with Gasteiger partial charge in [0.1, 0.15) is 5.52 Å². The Balaban J connectivity index is 2.61. The number of fused-ring (bicyclic) bond motifs is 3. The molecule has 76 valence electrons. The lowest BCUT2D eigenvalue weighted by atomic mass is 10.2. The summed E-state index contributed by atoms with van der Waals surface area (Å²) < 4.78 is 0. The minimum absolute atomic E-state index is 0.376. The lowest BCUT2D eigenvalue weighted by molar-refractivity contribution is 0.895. The molecule has 0 fully saturated rings. The topological polar surface area (TPSA) is 81.5 Å². The molecule has 0 saturated heterocycles. The van der Waals surface area contributed by atoms with E-state index in [9.17, 15) is 4.79 Å². The number of benzene rings is 1. The van der Waals surface area contributed by atoms with Gasteiger partial charge >= 0.3 is 0 Å². The van der Waals surface area contributed by atoms with Gasteiger partial charge in [0.25, 0.3) is 5.56 Å². The summed E-state index contributed by atoms with van der Waals surface area (Å²) in [5, 5.41) is 20.1.